The Kier molecular flexibility index (Phi) is 5.72. The third kappa shape index (κ3) is 4.00. The largest absolute Gasteiger partial charge is 0.381 e. The van der Waals surface area contributed by atoms with Crippen molar-refractivity contribution >= 4 is 0 Å². The molecule has 2 aliphatic rings. The summed E-state index contributed by atoms with van der Waals surface area (Å²) in [6.07, 6.45) is 4.88. The second-order valence-electron chi connectivity index (χ2n) is 8.01. The highest BCUT2D eigenvalue weighted by Crippen LogP contribution is 2.34. The summed E-state index contributed by atoms with van der Waals surface area (Å²) >= 11 is 0. The van der Waals surface area contributed by atoms with Crippen LogP contribution in [-0.4, -0.2) is 49.3 Å². The van der Waals surface area contributed by atoms with Crippen LogP contribution in [0.3, 0.4) is 0 Å². The molecule has 2 rings (SSSR count). The number of ether oxygens (including phenoxy) is 1. The number of rotatable bonds is 5. The van der Waals surface area contributed by atoms with Gasteiger partial charge < -0.3 is 10.1 Å². The van der Waals surface area contributed by atoms with E-state index >= 15 is 0 Å². The van der Waals surface area contributed by atoms with Crippen molar-refractivity contribution in [3.05, 3.63) is 0 Å². The maximum Gasteiger partial charge on any atom is 0.0471 e. The Morgan fingerprint density at radius 1 is 1.19 bits per heavy atom. The van der Waals surface area contributed by atoms with Crippen LogP contribution in [0, 0.1) is 11.3 Å². The van der Waals surface area contributed by atoms with Gasteiger partial charge in [0.05, 0.1) is 0 Å². The fourth-order valence-corrected chi connectivity index (χ4v) is 4.08. The van der Waals surface area contributed by atoms with Gasteiger partial charge in [-0.1, -0.05) is 34.6 Å². The van der Waals surface area contributed by atoms with Crippen LogP contribution in [0.4, 0.5) is 0 Å². The summed E-state index contributed by atoms with van der Waals surface area (Å²) in [5.41, 5.74) is 0.767. The van der Waals surface area contributed by atoms with Crippen molar-refractivity contribution in [2.75, 3.05) is 32.8 Å². The Balaban J connectivity index is 2.10. The molecular formula is C18H36N2O. The van der Waals surface area contributed by atoms with E-state index in [9.17, 15) is 0 Å². The highest BCUT2D eigenvalue weighted by atomic mass is 16.5. The Morgan fingerprint density at radius 2 is 1.81 bits per heavy atom. The minimum Gasteiger partial charge on any atom is -0.381 e. The molecule has 0 bridgehead atoms. The molecule has 0 aromatic heterocycles. The van der Waals surface area contributed by atoms with Crippen LogP contribution >= 0.6 is 0 Å². The molecule has 3 nitrogen and oxygen atoms in total. The standard InChI is InChI=1S/C18H36N2O/c1-6-18(7-2)14-20(16(12-19-18)15(3)4)13-17(5)8-10-21-11-9-17/h15-16,19H,6-14H2,1-5H3. The molecule has 2 saturated heterocycles. The van der Waals surface area contributed by atoms with Crippen molar-refractivity contribution in [1.82, 2.24) is 10.2 Å². The molecule has 0 aromatic carbocycles. The third-order valence-electron chi connectivity index (χ3n) is 6.07. The van der Waals surface area contributed by atoms with E-state index in [0.29, 0.717) is 22.9 Å². The van der Waals surface area contributed by atoms with E-state index in [4.69, 9.17) is 4.74 Å². The molecule has 1 N–H and O–H groups in total. The molecule has 2 aliphatic heterocycles. The number of nitrogens with one attached hydrogen (secondary N) is 1. The van der Waals surface area contributed by atoms with Crippen LogP contribution < -0.4 is 5.32 Å². The predicted molar refractivity (Wildman–Crippen MR) is 89.7 cm³/mol. The first-order valence-electron chi connectivity index (χ1n) is 9.00. The van der Waals surface area contributed by atoms with E-state index in [2.05, 4.69) is 44.8 Å². The SMILES string of the molecule is CCC1(CC)CN(CC2(C)CCOCC2)C(C(C)C)CN1. The quantitative estimate of drug-likeness (QED) is 0.842. The normalized spacial score (nSPS) is 29.7. The van der Waals surface area contributed by atoms with Gasteiger partial charge in [0.1, 0.15) is 0 Å². The van der Waals surface area contributed by atoms with Gasteiger partial charge >= 0.3 is 0 Å². The molecule has 3 heteroatoms. The van der Waals surface area contributed by atoms with E-state index in [0.717, 1.165) is 19.8 Å². The molecule has 21 heavy (non-hydrogen) atoms. The Labute approximate surface area is 131 Å². The molecule has 0 saturated carbocycles. The van der Waals surface area contributed by atoms with Crippen molar-refractivity contribution in [3.8, 4) is 0 Å². The van der Waals surface area contributed by atoms with Gasteiger partial charge in [0, 0.05) is 44.4 Å². The van der Waals surface area contributed by atoms with Crippen molar-refractivity contribution in [3.63, 3.8) is 0 Å². The summed E-state index contributed by atoms with van der Waals surface area (Å²) in [6.45, 7) is 17.4. The lowest BCUT2D eigenvalue weighted by molar-refractivity contribution is -0.0286. The van der Waals surface area contributed by atoms with E-state index in [1.54, 1.807) is 0 Å². The Morgan fingerprint density at radius 3 is 2.33 bits per heavy atom. The number of hydrogen-bond donors (Lipinski definition) is 1. The third-order valence-corrected chi connectivity index (χ3v) is 6.07. The monoisotopic (exact) mass is 296 g/mol. The van der Waals surface area contributed by atoms with Crippen molar-refractivity contribution < 1.29 is 4.74 Å². The second-order valence-corrected chi connectivity index (χ2v) is 8.01. The van der Waals surface area contributed by atoms with Crippen LogP contribution in [0.15, 0.2) is 0 Å². The van der Waals surface area contributed by atoms with Crippen LogP contribution in [0.1, 0.15) is 60.3 Å². The molecule has 0 aliphatic carbocycles. The minimum atomic E-state index is 0.326. The summed E-state index contributed by atoms with van der Waals surface area (Å²) in [5, 5.41) is 3.88. The van der Waals surface area contributed by atoms with E-state index in [-0.39, 0.29) is 0 Å². The lowest BCUT2D eigenvalue weighted by Crippen LogP contribution is -2.66. The highest BCUT2D eigenvalue weighted by Gasteiger charge is 2.40. The molecule has 0 spiro atoms. The average molecular weight is 296 g/mol. The summed E-state index contributed by atoms with van der Waals surface area (Å²) in [7, 11) is 0. The van der Waals surface area contributed by atoms with Crippen LogP contribution in [0.2, 0.25) is 0 Å². The maximum atomic E-state index is 5.58. The van der Waals surface area contributed by atoms with Crippen molar-refractivity contribution in [1.29, 1.82) is 0 Å². The van der Waals surface area contributed by atoms with Gasteiger partial charge in [0.2, 0.25) is 0 Å². The van der Waals surface area contributed by atoms with Crippen LogP contribution in [-0.2, 0) is 4.74 Å². The number of nitrogens with zero attached hydrogens (tertiary/aromatic N) is 1. The molecule has 0 radical (unpaired) electrons. The summed E-state index contributed by atoms with van der Waals surface area (Å²) in [5.74, 6) is 0.715. The van der Waals surface area contributed by atoms with Gasteiger partial charge in [-0.05, 0) is 37.0 Å². The Bertz CT molecular complexity index is 319. The first kappa shape index (κ1) is 17.2. The minimum absolute atomic E-state index is 0.326. The van der Waals surface area contributed by atoms with Crippen LogP contribution in [0.5, 0.6) is 0 Å². The Hall–Kier alpha value is -0.120. The van der Waals surface area contributed by atoms with Gasteiger partial charge in [0.25, 0.3) is 0 Å². The van der Waals surface area contributed by atoms with Gasteiger partial charge in [-0.25, -0.2) is 0 Å². The first-order valence-corrected chi connectivity index (χ1v) is 9.00. The van der Waals surface area contributed by atoms with Crippen LogP contribution in [0.25, 0.3) is 0 Å². The zero-order valence-corrected chi connectivity index (χ0v) is 14.9. The molecule has 0 amide bonds. The lowest BCUT2D eigenvalue weighted by atomic mass is 9.79. The number of piperazine rings is 1. The summed E-state index contributed by atoms with van der Waals surface area (Å²) in [6, 6.07) is 0.677. The van der Waals surface area contributed by atoms with E-state index in [1.165, 1.54) is 38.8 Å². The lowest BCUT2D eigenvalue weighted by Gasteiger charge is -2.51. The topological polar surface area (TPSA) is 24.5 Å². The molecule has 1 atom stereocenters. The number of hydrogen-bond acceptors (Lipinski definition) is 3. The molecule has 2 heterocycles. The molecule has 1 unspecified atom stereocenters. The van der Waals surface area contributed by atoms with E-state index in [1.807, 2.05) is 0 Å². The fourth-order valence-electron chi connectivity index (χ4n) is 4.08. The zero-order chi connectivity index (χ0) is 15.5. The van der Waals surface area contributed by atoms with E-state index < -0.39 is 0 Å². The predicted octanol–water partition coefficient (Wildman–Crippen LogP) is 3.29. The molecule has 124 valence electrons. The summed E-state index contributed by atoms with van der Waals surface area (Å²) < 4.78 is 5.58. The summed E-state index contributed by atoms with van der Waals surface area (Å²) in [4.78, 5) is 2.81. The maximum absolute atomic E-state index is 5.58. The zero-order valence-electron chi connectivity index (χ0n) is 14.9. The van der Waals surface area contributed by atoms with Gasteiger partial charge in [-0.3, -0.25) is 4.90 Å². The van der Waals surface area contributed by atoms with Crippen molar-refractivity contribution in [2.24, 2.45) is 11.3 Å². The molecular weight excluding hydrogens is 260 g/mol. The van der Waals surface area contributed by atoms with Gasteiger partial charge in [-0.15, -0.1) is 0 Å². The second kappa shape index (κ2) is 6.97. The van der Waals surface area contributed by atoms with Gasteiger partial charge in [-0.2, -0.15) is 0 Å². The van der Waals surface area contributed by atoms with Crippen molar-refractivity contribution in [2.45, 2.75) is 71.9 Å². The van der Waals surface area contributed by atoms with Gasteiger partial charge in [0.15, 0.2) is 0 Å². The molecule has 2 fully saturated rings. The fraction of sp³-hybridized carbons (Fsp3) is 1.00. The smallest absolute Gasteiger partial charge is 0.0471 e. The average Bonchev–Trinajstić information content (AvgIpc) is 2.47. The molecule has 0 aromatic rings. The first-order chi connectivity index (χ1) is 9.94. The highest BCUT2D eigenvalue weighted by molar-refractivity contribution is 4.99.